The van der Waals surface area contributed by atoms with Crippen molar-refractivity contribution >= 4 is 11.9 Å². The van der Waals surface area contributed by atoms with Crippen LogP contribution in [0.3, 0.4) is 0 Å². The van der Waals surface area contributed by atoms with E-state index in [4.69, 9.17) is 9.47 Å². The Morgan fingerprint density at radius 3 is 1.81 bits per heavy atom. The summed E-state index contributed by atoms with van der Waals surface area (Å²) in [6.45, 7) is 9.42. The lowest BCUT2D eigenvalue weighted by Crippen LogP contribution is -2.33. The standard InChI is InChI=1S/C12H20O4/c1-5-9(6-2)10(11(13)15-7-3)12(14)16-8-4/h5,9-10H,1,6-8H2,2-4H3. The topological polar surface area (TPSA) is 52.6 Å². The van der Waals surface area contributed by atoms with Crippen LogP contribution in [0.2, 0.25) is 0 Å². The van der Waals surface area contributed by atoms with Gasteiger partial charge in [0.1, 0.15) is 0 Å². The lowest BCUT2D eigenvalue weighted by molar-refractivity contribution is -0.163. The van der Waals surface area contributed by atoms with Gasteiger partial charge in [-0.05, 0) is 20.3 Å². The summed E-state index contributed by atoms with van der Waals surface area (Å²) in [5.41, 5.74) is 0. The summed E-state index contributed by atoms with van der Waals surface area (Å²) in [6, 6.07) is 0. The van der Waals surface area contributed by atoms with Crippen LogP contribution in [0.4, 0.5) is 0 Å². The zero-order valence-electron chi connectivity index (χ0n) is 10.2. The van der Waals surface area contributed by atoms with E-state index in [2.05, 4.69) is 6.58 Å². The van der Waals surface area contributed by atoms with Crippen LogP contribution >= 0.6 is 0 Å². The summed E-state index contributed by atoms with van der Waals surface area (Å²) in [5.74, 6) is -2.19. The Labute approximate surface area is 96.6 Å². The Balaban J connectivity index is 4.80. The molecule has 0 saturated heterocycles. The maximum absolute atomic E-state index is 11.6. The van der Waals surface area contributed by atoms with Crippen LogP contribution in [0, 0.1) is 11.8 Å². The lowest BCUT2D eigenvalue weighted by Gasteiger charge is -2.19. The van der Waals surface area contributed by atoms with Gasteiger partial charge in [-0.1, -0.05) is 13.0 Å². The van der Waals surface area contributed by atoms with Crippen LogP contribution in [-0.2, 0) is 19.1 Å². The van der Waals surface area contributed by atoms with Crippen LogP contribution in [0.1, 0.15) is 27.2 Å². The average Bonchev–Trinajstić information content (AvgIpc) is 2.25. The number of rotatable bonds is 7. The molecule has 0 aromatic rings. The third-order valence-electron chi connectivity index (χ3n) is 2.28. The molecular formula is C12H20O4. The van der Waals surface area contributed by atoms with Gasteiger partial charge >= 0.3 is 11.9 Å². The highest BCUT2D eigenvalue weighted by Gasteiger charge is 2.34. The molecule has 92 valence electrons. The number of esters is 2. The van der Waals surface area contributed by atoms with Crippen molar-refractivity contribution in [2.75, 3.05) is 13.2 Å². The number of carbonyl (C=O) groups is 2. The van der Waals surface area contributed by atoms with Crippen molar-refractivity contribution in [1.29, 1.82) is 0 Å². The maximum Gasteiger partial charge on any atom is 0.320 e. The van der Waals surface area contributed by atoms with Gasteiger partial charge < -0.3 is 9.47 Å². The molecule has 0 N–H and O–H groups in total. The second-order valence-electron chi connectivity index (χ2n) is 3.29. The van der Waals surface area contributed by atoms with Gasteiger partial charge in [-0.2, -0.15) is 0 Å². The van der Waals surface area contributed by atoms with E-state index in [0.717, 1.165) is 0 Å². The van der Waals surface area contributed by atoms with Crippen molar-refractivity contribution < 1.29 is 19.1 Å². The molecule has 0 aromatic carbocycles. The first-order valence-corrected chi connectivity index (χ1v) is 5.58. The van der Waals surface area contributed by atoms with Gasteiger partial charge in [-0.3, -0.25) is 9.59 Å². The highest BCUT2D eigenvalue weighted by Crippen LogP contribution is 2.20. The fourth-order valence-electron chi connectivity index (χ4n) is 1.45. The van der Waals surface area contributed by atoms with Gasteiger partial charge in [0.05, 0.1) is 13.2 Å². The second kappa shape index (κ2) is 7.91. The van der Waals surface area contributed by atoms with Gasteiger partial charge in [0.25, 0.3) is 0 Å². The number of hydrogen-bond acceptors (Lipinski definition) is 4. The molecule has 0 fully saturated rings. The second-order valence-corrected chi connectivity index (χ2v) is 3.29. The SMILES string of the molecule is C=CC(CC)C(C(=O)OCC)C(=O)OCC. The smallest absolute Gasteiger partial charge is 0.320 e. The molecule has 4 heteroatoms. The van der Waals surface area contributed by atoms with Gasteiger partial charge in [0.2, 0.25) is 0 Å². The highest BCUT2D eigenvalue weighted by molar-refractivity contribution is 5.95. The van der Waals surface area contributed by atoms with Gasteiger partial charge in [0.15, 0.2) is 5.92 Å². The van der Waals surface area contributed by atoms with Crippen molar-refractivity contribution in [3.05, 3.63) is 12.7 Å². The van der Waals surface area contributed by atoms with Gasteiger partial charge in [-0.15, -0.1) is 6.58 Å². The van der Waals surface area contributed by atoms with E-state index < -0.39 is 17.9 Å². The summed E-state index contributed by atoms with van der Waals surface area (Å²) < 4.78 is 9.74. The summed E-state index contributed by atoms with van der Waals surface area (Å²) in [6.07, 6.45) is 2.24. The molecule has 0 aliphatic heterocycles. The number of hydrogen-bond donors (Lipinski definition) is 0. The van der Waals surface area contributed by atoms with E-state index in [1.165, 1.54) is 0 Å². The molecular weight excluding hydrogens is 208 g/mol. The fourth-order valence-corrected chi connectivity index (χ4v) is 1.45. The lowest BCUT2D eigenvalue weighted by atomic mass is 9.90. The molecule has 0 saturated carbocycles. The molecule has 0 rings (SSSR count). The van der Waals surface area contributed by atoms with Crippen molar-refractivity contribution in [1.82, 2.24) is 0 Å². The van der Waals surface area contributed by atoms with E-state index in [-0.39, 0.29) is 19.1 Å². The molecule has 0 aliphatic rings. The first-order valence-electron chi connectivity index (χ1n) is 5.58. The Kier molecular flexibility index (Phi) is 7.25. The van der Waals surface area contributed by atoms with E-state index in [9.17, 15) is 9.59 Å². The number of allylic oxidation sites excluding steroid dienone is 1. The molecule has 0 heterocycles. The summed E-state index contributed by atoms with van der Waals surface area (Å²) in [4.78, 5) is 23.3. The first-order chi connectivity index (χ1) is 7.62. The maximum atomic E-state index is 11.6. The quantitative estimate of drug-likeness (QED) is 0.379. The number of ether oxygens (including phenoxy) is 2. The van der Waals surface area contributed by atoms with Crippen molar-refractivity contribution in [2.45, 2.75) is 27.2 Å². The van der Waals surface area contributed by atoms with E-state index in [1.807, 2.05) is 6.92 Å². The van der Waals surface area contributed by atoms with E-state index in [1.54, 1.807) is 19.9 Å². The van der Waals surface area contributed by atoms with Crippen LogP contribution in [0.5, 0.6) is 0 Å². The number of carbonyl (C=O) groups excluding carboxylic acids is 2. The monoisotopic (exact) mass is 228 g/mol. The summed E-state index contributed by atoms with van der Waals surface area (Å²) in [5, 5.41) is 0. The largest absolute Gasteiger partial charge is 0.465 e. The minimum Gasteiger partial charge on any atom is -0.465 e. The summed E-state index contributed by atoms with van der Waals surface area (Å²) in [7, 11) is 0. The molecule has 0 aromatic heterocycles. The van der Waals surface area contributed by atoms with E-state index in [0.29, 0.717) is 6.42 Å². The molecule has 0 radical (unpaired) electrons. The molecule has 0 bridgehead atoms. The van der Waals surface area contributed by atoms with Crippen LogP contribution in [-0.4, -0.2) is 25.2 Å². The zero-order chi connectivity index (χ0) is 12.6. The third kappa shape index (κ3) is 4.04. The Bertz CT molecular complexity index is 229. The summed E-state index contributed by atoms with van der Waals surface area (Å²) >= 11 is 0. The van der Waals surface area contributed by atoms with Crippen molar-refractivity contribution in [3.8, 4) is 0 Å². The van der Waals surface area contributed by atoms with Gasteiger partial charge in [0, 0.05) is 5.92 Å². The molecule has 1 unspecified atom stereocenters. The molecule has 4 nitrogen and oxygen atoms in total. The van der Waals surface area contributed by atoms with Crippen LogP contribution in [0.25, 0.3) is 0 Å². The predicted octanol–water partition coefficient (Wildman–Crippen LogP) is 1.94. The highest BCUT2D eigenvalue weighted by atomic mass is 16.6. The van der Waals surface area contributed by atoms with Crippen LogP contribution in [0.15, 0.2) is 12.7 Å². The predicted molar refractivity (Wildman–Crippen MR) is 60.7 cm³/mol. The molecule has 16 heavy (non-hydrogen) atoms. The molecule has 0 amide bonds. The molecule has 1 atom stereocenters. The minimum absolute atomic E-state index is 0.238. The normalized spacial score (nSPS) is 12.0. The minimum atomic E-state index is -0.887. The fraction of sp³-hybridized carbons (Fsp3) is 0.667. The Morgan fingerprint density at radius 1 is 1.12 bits per heavy atom. The Morgan fingerprint density at radius 2 is 1.56 bits per heavy atom. The molecule has 0 spiro atoms. The van der Waals surface area contributed by atoms with Crippen LogP contribution < -0.4 is 0 Å². The third-order valence-corrected chi connectivity index (χ3v) is 2.28. The molecule has 0 aliphatic carbocycles. The van der Waals surface area contributed by atoms with E-state index >= 15 is 0 Å². The van der Waals surface area contributed by atoms with Crippen molar-refractivity contribution in [2.24, 2.45) is 11.8 Å². The van der Waals surface area contributed by atoms with Gasteiger partial charge in [-0.25, -0.2) is 0 Å². The average molecular weight is 228 g/mol. The zero-order valence-corrected chi connectivity index (χ0v) is 10.2. The first kappa shape index (κ1) is 14.7. The van der Waals surface area contributed by atoms with Crippen molar-refractivity contribution in [3.63, 3.8) is 0 Å². The Hall–Kier alpha value is -1.32.